The van der Waals surface area contributed by atoms with Crippen molar-refractivity contribution >= 4 is 17.7 Å². The van der Waals surface area contributed by atoms with E-state index in [0.717, 1.165) is 41.9 Å². The highest BCUT2D eigenvalue weighted by Crippen LogP contribution is 2.20. The summed E-state index contributed by atoms with van der Waals surface area (Å²) in [5, 5.41) is 12.3. The van der Waals surface area contributed by atoms with Gasteiger partial charge in [-0.25, -0.2) is 0 Å². The SMILES string of the molecule is CCC[C@@H]1NC(=O)[C@@H](C(C)C)NC(=O)[C@@H](Cc2ccc(OC)cc2)NC(C)COc2ccccc2CCCNC1=O. The molecule has 1 aliphatic rings. The van der Waals surface area contributed by atoms with Crippen molar-refractivity contribution in [3.63, 3.8) is 0 Å². The van der Waals surface area contributed by atoms with E-state index in [9.17, 15) is 14.4 Å². The zero-order chi connectivity index (χ0) is 29.8. The summed E-state index contributed by atoms with van der Waals surface area (Å²) in [5.41, 5.74) is 2.00. The van der Waals surface area contributed by atoms with Crippen LogP contribution in [0.15, 0.2) is 48.5 Å². The highest BCUT2D eigenvalue weighted by Gasteiger charge is 2.31. The van der Waals surface area contributed by atoms with Crippen molar-refractivity contribution in [1.82, 2.24) is 21.3 Å². The van der Waals surface area contributed by atoms with E-state index >= 15 is 0 Å². The summed E-state index contributed by atoms with van der Waals surface area (Å²) in [6.45, 7) is 8.55. The van der Waals surface area contributed by atoms with E-state index < -0.39 is 18.1 Å². The Morgan fingerprint density at radius 3 is 2.37 bits per heavy atom. The minimum atomic E-state index is -0.799. The van der Waals surface area contributed by atoms with Crippen LogP contribution in [0.4, 0.5) is 0 Å². The van der Waals surface area contributed by atoms with Crippen LogP contribution in [0.2, 0.25) is 0 Å². The average molecular weight is 567 g/mol. The largest absolute Gasteiger partial charge is 0.497 e. The lowest BCUT2D eigenvalue weighted by Gasteiger charge is -2.29. The molecule has 4 atom stereocenters. The standard InChI is InChI=1S/C32H46N4O5/c1-6-10-26-30(37)33-18-9-12-24-11-7-8-13-28(24)41-20-22(4)34-27(19-23-14-16-25(40-5)17-15-23)31(38)36-29(21(2)3)32(39)35-26/h7-8,11,13-17,21-22,26-27,29,34H,6,9-10,12,18-20H2,1-5H3,(H,33,37)(H,35,39)(H,36,38)/t22?,26-,27+,29+/m0/s1. The molecule has 41 heavy (non-hydrogen) atoms. The molecular formula is C32H46N4O5. The number of aryl methyl sites for hydroxylation is 1. The number of methoxy groups -OCH3 is 1. The molecule has 0 aromatic heterocycles. The van der Waals surface area contributed by atoms with Crippen LogP contribution in [0.1, 0.15) is 58.1 Å². The molecule has 9 nitrogen and oxygen atoms in total. The summed E-state index contributed by atoms with van der Waals surface area (Å²) < 4.78 is 11.5. The number of ether oxygens (including phenoxy) is 2. The van der Waals surface area contributed by atoms with Gasteiger partial charge >= 0.3 is 0 Å². The molecule has 0 spiro atoms. The number of fused-ring (bicyclic) bond motifs is 1. The molecule has 3 rings (SSSR count). The van der Waals surface area contributed by atoms with E-state index in [1.165, 1.54) is 0 Å². The molecule has 224 valence electrons. The van der Waals surface area contributed by atoms with Gasteiger partial charge in [-0.15, -0.1) is 0 Å². The van der Waals surface area contributed by atoms with Gasteiger partial charge in [0, 0.05) is 12.6 Å². The number of benzene rings is 2. The Hall–Kier alpha value is -3.59. The van der Waals surface area contributed by atoms with E-state index in [2.05, 4.69) is 21.3 Å². The Balaban J connectivity index is 1.89. The number of carbonyl (C=O) groups excluding carboxylic acids is 3. The van der Waals surface area contributed by atoms with Crippen LogP contribution in [0.3, 0.4) is 0 Å². The maximum absolute atomic E-state index is 13.7. The second-order valence-electron chi connectivity index (χ2n) is 11.1. The molecule has 1 heterocycles. The van der Waals surface area contributed by atoms with E-state index in [1.54, 1.807) is 7.11 Å². The van der Waals surface area contributed by atoms with Crippen LogP contribution in [0, 0.1) is 5.92 Å². The molecule has 0 saturated heterocycles. The number of nitrogens with one attached hydrogen (secondary N) is 4. The maximum atomic E-state index is 13.7. The molecule has 2 aromatic carbocycles. The van der Waals surface area contributed by atoms with Gasteiger partial charge in [-0.2, -0.15) is 0 Å². The lowest BCUT2D eigenvalue weighted by molar-refractivity contribution is -0.133. The fourth-order valence-corrected chi connectivity index (χ4v) is 4.90. The highest BCUT2D eigenvalue weighted by molar-refractivity contribution is 5.93. The van der Waals surface area contributed by atoms with Crippen LogP contribution in [0.25, 0.3) is 0 Å². The summed E-state index contributed by atoms with van der Waals surface area (Å²) in [4.78, 5) is 40.1. The van der Waals surface area contributed by atoms with Gasteiger partial charge in [0.2, 0.25) is 17.7 Å². The van der Waals surface area contributed by atoms with Crippen molar-refractivity contribution in [1.29, 1.82) is 0 Å². The third-order valence-electron chi connectivity index (χ3n) is 7.24. The third-order valence-corrected chi connectivity index (χ3v) is 7.24. The molecule has 9 heteroatoms. The molecule has 0 aliphatic carbocycles. The van der Waals surface area contributed by atoms with Gasteiger partial charge in [0.25, 0.3) is 0 Å². The zero-order valence-corrected chi connectivity index (χ0v) is 25.0. The first kappa shape index (κ1) is 31.9. The van der Waals surface area contributed by atoms with Crippen LogP contribution in [-0.2, 0) is 27.2 Å². The van der Waals surface area contributed by atoms with Gasteiger partial charge < -0.3 is 25.4 Å². The van der Waals surface area contributed by atoms with E-state index in [1.807, 2.05) is 76.2 Å². The average Bonchev–Trinajstić information content (AvgIpc) is 2.96. The molecule has 3 amide bonds. The van der Waals surface area contributed by atoms with Crippen molar-refractivity contribution in [2.45, 2.75) is 84.0 Å². The summed E-state index contributed by atoms with van der Waals surface area (Å²) >= 11 is 0. The minimum absolute atomic E-state index is 0.157. The predicted molar refractivity (Wildman–Crippen MR) is 160 cm³/mol. The third kappa shape index (κ3) is 9.78. The molecule has 2 aromatic rings. The normalized spacial score (nSPS) is 23.2. The van der Waals surface area contributed by atoms with Crippen molar-refractivity contribution in [2.75, 3.05) is 20.3 Å². The molecule has 4 N–H and O–H groups in total. The molecule has 0 saturated carbocycles. The van der Waals surface area contributed by atoms with Crippen LogP contribution in [0.5, 0.6) is 11.5 Å². The Kier molecular flexibility index (Phi) is 12.5. The number of amides is 3. The predicted octanol–water partition coefficient (Wildman–Crippen LogP) is 3.15. The highest BCUT2D eigenvalue weighted by atomic mass is 16.5. The fraction of sp³-hybridized carbons (Fsp3) is 0.531. The number of hydrogen-bond acceptors (Lipinski definition) is 6. The van der Waals surface area contributed by atoms with Gasteiger partial charge in [-0.1, -0.05) is 57.5 Å². The van der Waals surface area contributed by atoms with Gasteiger partial charge in [0.15, 0.2) is 0 Å². The smallest absolute Gasteiger partial charge is 0.243 e. The summed E-state index contributed by atoms with van der Waals surface area (Å²) in [5.74, 6) is 0.469. The van der Waals surface area contributed by atoms with Gasteiger partial charge in [-0.3, -0.25) is 19.7 Å². The van der Waals surface area contributed by atoms with Gasteiger partial charge in [0.1, 0.15) is 30.2 Å². The van der Waals surface area contributed by atoms with Gasteiger partial charge in [-0.05, 0) is 67.9 Å². The van der Waals surface area contributed by atoms with Crippen molar-refractivity contribution in [3.8, 4) is 11.5 Å². The first-order valence-electron chi connectivity index (χ1n) is 14.7. The second kappa shape index (κ2) is 16.0. The Bertz CT molecular complexity index is 1140. The topological polar surface area (TPSA) is 118 Å². The number of carbonyl (C=O) groups is 3. The monoisotopic (exact) mass is 566 g/mol. The quantitative estimate of drug-likeness (QED) is 0.427. The van der Waals surface area contributed by atoms with Crippen LogP contribution in [-0.4, -0.2) is 62.2 Å². The second-order valence-corrected chi connectivity index (χ2v) is 11.1. The summed E-state index contributed by atoms with van der Waals surface area (Å²) in [6.07, 6.45) is 3.12. The number of para-hydroxylation sites is 1. The first-order chi connectivity index (χ1) is 19.7. The van der Waals surface area contributed by atoms with E-state index in [0.29, 0.717) is 26.0 Å². The Morgan fingerprint density at radius 1 is 0.951 bits per heavy atom. The van der Waals surface area contributed by atoms with Gasteiger partial charge in [0.05, 0.1) is 13.2 Å². The molecule has 1 unspecified atom stereocenters. The number of hydrogen-bond donors (Lipinski definition) is 4. The van der Waals surface area contributed by atoms with Crippen molar-refractivity contribution in [3.05, 3.63) is 59.7 Å². The maximum Gasteiger partial charge on any atom is 0.243 e. The summed E-state index contributed by atoms with van der Waals surface area (Å²) in [7, 11) is 1.61. The van der Waals surface area contributed by atoms with Crippen molar-refractivity contribution in [2.24, 2.45) is 5.92 Å². The Labute approximate surface area is 244 Å². The first-order valence-corrected chi connectivity index (χ1v) is 14.7. The molecule has 0 fully saturated rings. The van der Waals surface area contributed by atoms with Crippen molar-refractivity contribution < 1.29 is 23.9 Å². The molecular weight excluding hydrogens is 520 g/mol. The molecule has 0 radical (unpaired) electrons. The van der Waals surface area contributed by atoms with E-state index in [-0.39, 0.29) is 29.7 Å². The number of rotatable bonds is 6. The minimum Gasteiger partial charge on any atom is -0.497 e. The summed E-state index contributed by atoms with van der Waals surface area (Å²) in [6, 6.07) is 13.2. The van der Waals surface area contributed by atoms with E-state index in [4.69, 9.17) is 9.47 Å². The molecule has 1 aliphatic heterocycles. The Morgan fingerprint density at radius 2 is 1.68 bits per heavy atom. The molecule has 0 bridgehead atoms. The fourth-order valence-electron chi connectivity index (χ4n) is 4.90. The van der Waals surface area contributed by atoms with Crippen LogP contribution >= 0.6 is 0 Å². The van der Waals surface area contributed by atoms with Crippen LogP contribution < -0.4 is 30.7 Å². The zero-order valence-electron chi connectivity index (χ0n) is 25.0. The lowest BCUT2D eigenvalue weighted by Crippen LogP contribution is -2.59. The lowest BCUT2D eigenvalue weighted by atomic mass is 9.99.